The standard InChI is InChI=1S/C28H29N5O2S/c1-19-17-23(20(2)33(19)18-22-11-8-16-35-22)27-26(24-12-6-7-14-29-24)31-28(36)32(27)15-13-25(34)30-21-9-4-3-5-10-21/h3-12,14,16-17,26-27H,13,15,18H2,1-2H3,(H,30,34)(H,31,36)/t26-,27+/m0/s1. The summed E-state index contributed by atoms with van der Waals surface area (Å²) in [6, 6.07) is 21.3. The van der Waals surface area contributed by atoms with Gasteiger partial charge >= 0.3 is 0 Å². The molecule has 0 aliphatic carbocycles. The van der Waals surface area contributed by atoms with Gasteiger partial charge in [0.05, 0.1) is 30.6 Å². The number of rotatable bonds is 8. The molecule has 0 bridgehead atoms. The maximum atomic E-state index is 12.7. The molecule has 2 N–H and O–H groups in total. The Bertz CT molecular complexity index is 1340. The fourth-order valence-corrected chi connectivity index (χ4v) is 5.21. The number of hydrogen-bond acceptors (Lipinski definition) is 4. The Labute approximate surface area is 216 Å². The first-order chi connectivity index (χ1) is 17.5. The van der Waals surface area contributed by atoms with Crippen LogP contribution >= 0.6 is 12.2 Å². The minimum absolute atomic E-state index is 0.0488. The van der Waals surface area contributed by atoms with Gasteiger partial charge in [0, 0.05) is 36.2 Å². The van der Waals surface area contributed by atoms with Crippen LogP contribution in [0.5, 0.6) is 0 Å². The number of benzene rings is 1. The first kappa shape index (κ1) is 23.8. The van der Waals surface area contributed by atoms with Crippen molar-refractivity contribution in [3.8, 4) is 0 Å². The van der Waals surface area contributed by atoms with E-state index in [0.717, 1.165) is 34.1 Å². The van der Waals surface area contributed by atoms with E-state index in [9.17, 15) is 4.79 Å². The molecule has 1 aromatic carbocycles. The molecule has 36 heavy (non-hydrogen) atoms. The lowest BCUT2D eigenvalue weighted by molar-refractivity contribution is -0.116. The van der Waals surface area contributed by atoms with Gasteiger partial charge in [0.1, 0.15) is 5.76 Å². The maximum Gasteiger partial charge on any atom is 0.226 e. The molecule has 0 unspecified atom stereocenters. The van der Waals surface area contributed by atoms with Crippen molar-refractivity contribution in [2.24, 2.45) is 0 Å². The van der Waals surface area contributed by atoms with E-state index in [1.165, 1.54) is 0 Å². The fourth-order valence-electron chi connectivity index (χ4n) is 4.88. The van der Waals surface area contributed by atoms with Gasteiger partial charge in [0.25, 0.3) is 0 Å². The molecule has 2 atom stereocenters. The molecule has 1 aliphatic rings. The molecule has 1 amide bonds. The van der Waals surface area contributed by atoms with Gasteiger partial charge in [-0.2, -0.15) is 0 Å². The van der Waals surface area contributed by atoms with Gasteiger partial charge in [0.15, 0.2) is 5.11 Å². The summed E-state index contributed by atoms with van der Waals surface area (Å²) in [5, 5.41) is 7.07. The summed E-state index contributed by atoms with van der Waals surface area (Å²) in [4.78, 5) is 19.5. The molecule has 0 radical (unpaired) electrons. The molecule has 5 rings (SSSR count). The Hall–Kier alpha value is -3.91. The van der Waals surface area contributed by atoms with Crippen molar-refractivity contribution >= 4 is 28.9 Å². The second-order valence-electron chi connectivity index (χ2n) is 8.98. The Morgan fingerprint density at radius 3 is 2.64 bits per heavy atom. The Morgan fingerprint density at radius 1 is 1.11 bits per heavy atom. The van der Waals surface area contributed by atoms with E-state index >= 15 is 0 Å². The van der Waals surface area contributed by atoms with Gasteiger partial charge in [-0.3, -0.25) is 9.78 Å². The number of para-hydroxylation sites is 1. The minimum atomic E-state index is -0.131. The zero-order valence-electron chi connectivity index (χ0n) is 20.3. The van der Waals surface area contributed by atoms with E-state index in [0.29, 0.717) is 24.6 Å². The Kier molecular flexibility index (Phi) is 6.86. The van der Waals surface area contributed by atoms with Crippen molar-refractivity contribution in [1.82, 2.24) is 19.8 Å². The number of pyridine rings is 1. The summed E-state index contributed by atoms with van der Waals surface area (Å²) < 4.78 is 7.86. The molecule has 0 spiro atoms. The number of thiocarbonyl (C=S) groups is 1. The van der Waals surface area contributed by atoms with E-state index in [1.54, 1.807) is 12.5 Å². The predicted octanol–water partition coefficient (Wildman–Crippen LogP) is 5.14. The Balaban J connectivity index is 1.43. The van der Waals surface area contributed by atoms with Gasteiger partial charge in [-0.15, -0.1) is 0 Å². The first-order valence-electron chi connectivity index (χ1n) is 12.0. The highest BCUT2D eigenvalue weighted by Gasteiger charge is 2.41. The number of nitrogens with zero attached hydrogens (tertiary/aromatic N) is 3. The fraction of sp³-hybridized carbons (Fsp3) is 0.250. The van der Waals surface area contributed by atoms with Crippen molar-refractivity contribution < 1.29 is 9.21 Å². The Morgan fingerprint density at radius 2 is 1.92 bits per heavy atom. The van der Waals surface area contributed by atoms with Crippen LogP contribution in [0.25, 0.3) is 0 Å². The quantitative estimate of drug-likeness (QED) is 0.327. The first-order valence-corrected chi connectivity index (χ1v) is 12.4. The molecular weight excluding hydrogens is 470 g/mol. The molecule has 0 saturated carbocycles. The van der Waals surface area contributed by atoms with Crippen LogP contribution in [0.1, 0.15) is 46.9 Å². The maximum absolute atomic E-state index is 12.7. The molecule has 8 heteroatoms. The molecule has 1 fully saturated rings. The number of furan rings is 1. The van der Waals surface area contributed by atoms with Crippen molar-refractivity contribution in [1.29, 1.82) is 0 Å². The molecule has 7 nitrogen and oxygen atoms in total. The third-order valence-corrected chi connectivity index (χ3v) is 7.01. The van der Waals surface area contributed by atoms with Crippen LogP contribution in [-0.4, -0.2) is 32.0 Å². The lowest BCUT2D eigenvalue weighted by Crippen LogP contribution is -2.32. The number of carbonyl (C=O) groups is 1. The van der Waals surface area contributed by atoms with E-state index in [-0.39, 0.29) is 18.0 Å². The lowest BCUT2D eigenvalue weighted by Gasteiger charge is -2.28. The molecule has 4 aromatic rings. The molecule has 4 heterocycles. The van der Waals surface area contributed by atoms with Crippen LogP contribution in [0.4, 0.5) is 5.69 Å². The second-order valence-corrected chi connectivity index (χ2v) is 9.36. The van der Waals surface area contributed by atoms with Crippen LogP contribution in [0.15, 0.2) is 83.6 Å². The topological polar surface area (TPSA) is 75.3 Å². The summed E-state index contributed by atoms with van der Waals surface area (Å²) in [7, 11) is 0. The largest absolute Gasteiger partial charge is 0.467 e. The van der Waals surface area contributed by atoms with Crippen molar-refractivity contribution in [3.63, 3.8) is 0 Å². The predicted molar refractivity (Wildman–Crippen MR) is 144 cm³/mol. The van der Waals surface area contributed by atoms with E-state index in [1.807, 2.05) is 60.7 Å². The van der Waals surface area contributed by atoms with Crippen LogP contribution in [0.3, 0.4) is 0 Å². The average molecular weight is 500 g/mol. The van der Waals surface area contributed by atoms with Crippen molar-refractivity contribution in [2.45, 2.75) is 38.9 Å². The number of amides is 1. The summed E-state index contributed by atoms with van der Waals surface area (Å²) >= 11 is 5.79. The molecular formula is C28H29N5O2S. The lowest BCUT2D eigenvalue weighted by atomic mass is 9.96. The van der Waals surface area contributed by atoms with E-state index in [4.69, 9.17) is 16.6 Å². The summed E-state index contributed by atoms with van der Waals surface area (Å²) in [5.74, 6) is 0.853. The highest BCUT2D eigenvalue weighted by molar-refractivity contribution is 7.80. The van der Waals surface area contributed by atoms with Crippen molar-refractivity contribution in [3.05, 3.63) is 108 Å². The molecule has 1 saturated heterocycles. The number of anilines is 1. The van der Waals surface area contributed by atoms with Crippen molar-refractivity contribution in [2.75, 3.05) is 11.9 Å². The van der Waals surface area contributed by atoms with E-state index in [2.05, 4.69) is 45.0 Å². The average Bonchev–Trinajstić information content (AvgIpc) is 3.59. The summed E-state index contributed by atoms with van der Waals surface area (Å²) in [5.41, 5.74) is 5.13. The zero-order valence-corrected chi connectivity index (χ0v) is 21.2. The second kappa shape index (κ2) is 10.4. The number of nitrogens with one attached hydrogen (secondary N) is 2. The molecule has 3 aromatic heterocycles. The van der Waals surface area contributed by atoms with Gasteiger partial charge in [0.2, 0.25) is 5.91 Å². The number of aryl methyl sites for hydroxylation is 1. The minimum Gasteiger partial charge on any atom is -0.467 e. The van der Waals surface area contributed by atoms with Gasteiger partial charge in [-0.05, 0) is 74.1 Å². The van der Waals surface area contributed by atoms with Crippen LogP contribution in [0.2, 0.25) is 0 Å². The summed E-state index contributed by atoms with van der Waals surface area (Å²) in [6.07, 6.45) is 3.81. The summed E-state index contributed by atoms with van der Waals surface area (Å²) in [6.45, 7) is 5.37. The normalized spacial score (nSPS) is 17.3. The van der Waals surface area contributed by atoms with Gasteiger partial charge < -0.3 is 24.5 Å². The van der Waals surface area contributed by atoms with Crippen LogP contribution in [-0.2, 0) is 11.3 Å². The zero-order chi connectivity index (χ0) is 25.1. The molecule has 1 aliphatic heterocycles. The number of carbonyl (C=O) groups excluding carboxylic acids is 1. The third kappa shape index (κ3) is 4.90. The SMILES string of the molecule is Cc1cc([C@@H]2[C@H](c3ccccn3)NC(=S)N2CCC(=O)Nc2ccccc2)c(C)n1Cc1ccco1. The molecule has 184 valence electrons. The van der Waals surface area contributed by atoms with Gasteiger partial charge in [-0.1, -0.05) is 24.3 Å². The number of aromatic nitrogens is 2. The monoisotopic (exact) mass is 499 g/mol. The van der Waals surface area contributed by atoms with Crippen LogP contribution in [0, 0.1) is 13.8 Å². The van der Waals surface area contributed by atoms with Crippen LogP contribution < -0.4 is 10.6 Å². The number of hydrogen-bond donors (Lipinski definition) is 2. The third-order valence-electron chi connectivity index (χ3n) is 6.66. The van der Waals surface area contributed by atoms with Gasteiger partial charge in [-0.25, -0.2) is 0 Å². The smallest absolute Gasteiger partial charge is 0.226 e. The van der Waals surface area contributed by atoms with E-state index < -0.39 is 0 Å². The highest BCUT2D eigenvalue weighted by Crippen LogP contribution is 2.41. The highest BCUT2D eigenvalue weighted by atomic mass is 32.1.